The molecule has 6 nitrogen and oxygen atoms in total. The minimum Gasteiger partial charge on any atom is -0.480 e. The second-order valence-corrected chi connectivity index (χ2v) is 4.39. The summed E-state index contributed by atoms with van der Waals surface area (Å²) in [5, 5.41) is 8.86. The number of aliphatic carboxylic acids is 1. The van der Waals surface area contributed by atoms with Crippen molar-refractivity contribution in [3.05, 3.63) is 0 Å². The number of carbonyl (C=O) groups is 2. The van der Waals surface area contributed by atoms with E-state index in [-0.39, 0.29) is 18.6 Å². The summed E-state index contributed by atoms with van der Waals surface area (Å²) in [5.41, 5.74) is 0. The van der Waals surface area contributed by atoms with Gasteiger partial charge in [-0.1, -0.05) is 19.8 Å². The van der Waals surface area contributed by atoms with Crippen molar-refractivity contribution in [2.75, 3.05) is 33.4 Å². The van der Waals surface area contributed by atoms with Crippen LogP contribution in [0.1, 0.15) is 26.7 Å². The molecule has 0 aromatic rings. The predicted molar refractivity (Wildman–Crippen MR) is 76.4 cm³/mol. The third kappa shape index (κ3) is 5.93. The number of terminal acetylenes is 1. The normalized spacial score (nSPS) is 10.2. The van der Waals surface area contributed by atoms with Gasteiger partial charge in [0.05, 0.1) is 13.2 Å². The fourth-order valence-electron chi connectivity index (χ4n) is 2.00. The zero-order chi connectivity index (χ0) is 15.5. The van der Waals surface area contributed by atoms with Crippen LogP contribution in [0.5, 0.6) is 0 Å². The van der Waals surface area contributed by atoms with Gasteiger partial charge in [-0.3, -0.25) is 4.79 Å². The molecular weight excluding hydrogens is 260 g/mol. The van der Waals surface area contributed by atoms with Crippen molar-refractivity contribution >= 4 is 12.0 Å². The van der Waals surface area contributed by atoms with Crippen LogP contribution in [0.25, 0.3) is 0 Å². The molecule has 0 aliphatic carbocycles. The van der Waals surface area contributed by atoms with Crippen molar-refractivity contribution in [3.63, 3.8) is 0 Å². The molecule has 114 valence electrons. The molecule has 1 N–H and O–H groups in total. The van der Waals surface area contributed by atoms with Crippen LogP contribution in [0.3, 0.4) is 0 Å². The lowest BCUT2D eigenvalue weighted by Crippen LogP contribution is -2.50. The first-order valence-corrected chi connectivity index (χ1v) is 6.71. The van der Waals surface area contributed by atoms with Gasteiger partial charge in [-0.2, -0.15) is 0 Å². The number of ether oxygens (including phenoxy) is 1. The van der Waals surface area contributed by atoms with E-state index in [2.05, 4.69) is 5.92 Å². The van der Waals surface area contributed by atoms with Gasteiger partial charge in [0.15, 0.2) is 0 Å². The van der Waals surface area contributed by atoms with Gasteiger partial charge in [0.1, 0.15) is 6.54 Å². The largest absolute Gasteiger partial charge is 0.480 e. The van der Waals surface area contributed by atoms with Gasteiger partial charge in [0.2, 0.25) is 0 Å². The Morgan fingerprint density at radius 2 is 1.95 bits per heavy atom. The highest BCUT2D eigenvalue weighted by molar-refractivity contribution is 5.80. The maximum absolute atomic E-state index is 12.5. The van der Waals surface area contributed by atoms with E-state index in [0.717, 1.165) is 17.7 Å². The van der Waals surface area contributed by atoms with E-state index in [4.69, 9.17) is 16.3 Å². The summed E-state index contributed by atoms with van der Waals surface area (Å²) in [6.45, 7) is 4.39. The summed E-state index contributed by atoms with van der Waals surface area (Å²) in [5.74, 6) is 1.24. The zero-order valence-electron chi connectivity index (χ0n) is 12.5. The lowest BCUT2D eigenvalue weighted by Gasteiger charge is -2.34. The monoisotopic (exact) mass is 284 g/mol. The Balaban J connectivity index is 5.03. The van der Waals surface area contributed by atoms with Crippen molar-refractivity contribution in [3.8, 4) is 12.3 Å². The highest BCUT2D eigenvalue weighted by Crippen LogP contribution is 2.11. The molecule has 0 aromatic carbocycles. The molecule has 0 saturated heterocycles. The second-order valence-electron chi connectivity index (χ2n) is 4.39. The summed E-state index contributed by atoms with van der Waals surface area (Å²) in [4.78, 5) is 26.1. The van der Waals surface area contributed by atoms with Gasteiger partial charge in [-0.15, -0.1) is 6.42 Å². The third-order valence-electron chi connectivity index (χ3n) is 3.04. The number of methoxy groups -OCH3 is 1. The number of urea groups is 1. The van der Waals surface area contributed by atoms with Crippen molar-refractivity contribution in [1.29, 1.82) is 0 Å². The number of amides is 2. The first-order chi connectivity index (χ1) is 9.51. The molecule has 20 heavy (non-hydrogen) atoms. The van der Waals surface area contributed by atoms with Crippen molar-refractivity contribution in [2.45, 2.75) is 32.7 Å². The molecule has 0 unspecified atom stereocenters. The molecular formula is C14H24N2O4. The molecule has 0 radical (unpaired) electrons. The standard InChI is InChI=1S/C14H24N2O4/c1-5-8-15(11-13(17)18)14(19)16(9-10-20-4)12(6-2)7-3/h1,12H,6-11H2,2-4H3,(H,17,18). The fraction of sp³-hybridized carbons (Fsp3) is 0.714. The van der Waals surface area contributed by atoms with Crippen LogP contribution in [0, 0.1) is 12.3 Å². The van der Waals surface area contributed by atoms with E-state index >= 15 is 0 Å². The Bertz CT molecular complexity index is 348. The Hall–Kier alpha value is -1.74. The second kappa shape index (κ2) is 10.1. The highest BCUT2D eigenvalue weighted by atomic mass is 16.5. The van der Waals surface area contributed by atoms with Crippen LogP contribution in [-0.4, -0.2) is 66.3 Å². The number of nitrogens with zero attached hydrogens (tertiary/aromatic N) is 2. The molecule has 0 atom stereocenters. The van der Waals surface area contributed by atoms with E-state index < -0.39 is 12.5 Å². The Labute approximate surface area is 120 Å². The van der Waals surface area contributed by atoms with Crippen molar-refractivity contribution in [1.82, 2.24) is 9.80 Å². The summed E-state index contributed by atoms with van der Waals surface area (Å²) < 4.78 is 5.01. The van der Waals surface area contributed by atoms with Crippen LogP contribution >= 0.6 is 0 Å². The van der Waals surface area contributed by atoms with E-state index in [1.54, 1.807) is 12.0 Å². The van der Waals surface area contributed by atoms with Crippen LogP contribution in [0.2, 0.25) is 0 Å². The molecule has 2 amide bonds. The Morgan fingerprint density at radius 3 is 2.35 bits per heavy atom. The van der Waals surface area contributed by atoms with Gasteiger partial charge >= 0.3 is 12.0 Å². The summed E-state index contributed by atoms with van der Waals surface area (Å²) in [6, 6.07) is -0.303. The molecule has 6 heteroatoms. The van der Waals surface area contributed by atoms with Gasteiger partial charge in [-0.25, -0.2) is 4.79 Å². The van der Waals surface area contributed by atoms with E-state index in [9.17, 15) is 9.59 Å². The van der Waals surface area contributed by atoms with Gasteiger partial charge in [-0.05, 0) is 12.8 Å². The quantitative estimate of drug-likeness (QED) is 0.647. The maximum Gasteiger partial charge on any atom is 0.323 e. The Kier molecular flexibility index (Phi) is 9.22. The number of carboxylic acids is 1. The zero-order valence-corrected chi connectivity index (χ0v) is 12.5. The fourth-order valence-corrected chi connectivity index (χ4v) is 2.00. The minimum atomic E-state index is -1.08. The first-order valence-electron chi connectivity index (χ1n) is 6.71. The van der Waals surface area contributed by atoms with Crippen LogP contribution in [0.15, 0.2) is 0 Å². The van der Waals surface area contributed by atoms with Crippen LogP contribution in [0.4, 0.5) is 4.79 Å². The van der Waals surface area contributed by atoms with E-state index in [1.807, 2.05) is 13.8 Å². The Morgan fingerprint density at radius 1 is 1.35 bits per heavy atom. The average Bonchev–Trinajstić information content (AvgIpc) is 2.42. The summed E-state index contributed by atoms with van der Waals surface area (Å²) in [6.07, 6.45) is 6.79. The van der Waals surface area contributed by atoms with Crippen molar-refractivity contribution < 1.29 is 19.4 Å². The molecule has 0 heterocycles. The van der Waals surface area contributed by atoms with E-state index in [0.29, 0.717) is 13.2 Å². The summed E-state index contributed by atoms with van der Waals surface area (Å²) >= 11 is 0. The lowest BCUT2D eigenvalue weighted by molar-refractivity contribution is -0.137. The molecule has 0 rings (SSSR count). The van der Waals surface area contributed by atoms with Gasteiger partial charge in [0, 0.05) is 19.7 Å². The molecule has 0 aliphatic heterocycles. The molecule has 0 aliphatic rings. The van der Waals surface area contributed by atoms with Gasteiger partial charge in [0.25, 0.3) is 0 Å². The lowest BCUT2D eigenvalue weighted by atomic mass is 10.1. The molecule has 0 spiro atoms. The summed E-state index contributed by atoms with van der Waals surface area (Å²) in [7, 11) is 1.56. The molecule has 0 saturated carbocycles. The van der Waals surface area contributed by atoms with E-state index in [1.165, 1.54) is 0 Å². The highest BCUT2D eigenvalue weighted by Gasteiger charge is 2.26. The van der Waals surface area contributed by atoms with Crippen molar-refractivity contribution in [2.24, 2.45) is 0 Å². The average molecular weight is 284 g/mol. The number of hydrogen-bond acceptors (Lipinski definition) is 3. The van der Waals surface area contributed by atoms with Crippen LogP contribution in [-0.2, 0) is 9.53 Å². The SMILES string of the molecule is C#CCN(CC(=O)O)C(=O)N(CCOC)C(CC)CC. The number of hydrogen-bond donors (Lipinski definition) is 1. The number of carbonyl (C=O) groups excluding carboxylic acids is 1. The molecule has 0 bridgehead atoms. The third-order valence-corrected chi connectivity index (χ3v) is 3.04. The molecule has 0 fully saturated rings. The number of rotatable bonds is 9. The topological polar surface area (TPSA) is 70.1 Å². The smallest absolute Gasteiger partial charge is 0.323 e. The maximum atomic E-state index is 12.5. The number of carboxylic acid groups (broad SMARTS) is 1. The van der Waals surface area contributed by atoms with Gasteiger partial charge < -0.3 is 19.6 Å². The van der Waals surface area contributed by atoms with Crippen LogP contribution < -0.4 is 0 Å². The predicted octanol–water partition coefficient (Wildman–Crippen LogP) is 1.26. The molecule has 0 aromatic heterocycles. The minimum absolute atomic E-state index is 0.0191. The first kappa shape index (κ1) is 18.3.